The van der Waals surface area contributed by atoms with Crippen molar-refractivity contribution in [2.45, 2.75) is 0 Å². The lowest BCUT2D eigenvalue weighted by Gasteiger charge is -2.06. The Hall–Kier alpha value is -3.47. The molecule has 11 heteroatoms. The second-order valence-corrected chi connectivity index (χ2v) is 5.23. The van der Waals surface area contributed by atoms with E-state index in [0.29, 0.717) is 24.6 Å². The van der Waals surface area contributed by atoms with Crippen molar-refractivity contribution in [1.29, 1.82) is 0 Å². The number of imidazole rings is 1. The SMILES string of the molecule is Cn1cc(NC(=O)c2cnc3ccc(NCCN)nn23)c(C(N)=O)n1. The highest BCUT2D eigenvalue weighted by Crippen LogP contribution is 2.15. The third-order valence-electron chi connectivity index (χ3n) is 3.36. The van der Waals surface area contributed by atoms with Crippen molar-refractivity contribution in [3.05, 3.63) is 35.9 Å². The molecule has 0 saturated heterocycles. The summed E-state index contributed by atoms with van der Waals surface area (Å²) in [7, 11) is 1.62. The minimum absolute atomic E-state index is 0.0251. The summed E-state index contributed by atoms with van der Waals surface area (Å²) >= 11 is 0. The molecule has 0 saturated carbocycles. The first-order valence-electron chi connectivity index (χ1n) is 7.43. The van der Waals surface area contributed by atoms with Crippen LogP contribution < -0.4 is 22.1 Å². The summed E-state index contributed by atoms with van der Waals surface area (Å²) in [5, 5.41) is 13.9. The molecule has 0 aliphatic heterocycles. The summed E-state index contributed by atoms with van der Waals surface area (Å²) in [5.41, 5.74) is 11.6. The zero-order valence-corrected chi connectivity index (χ0v) is 13.4. The Balaban J connectivity index is 1.90. The summed E-state index contributed by atoms with van der Waals surface area (Å²) in [5.74, 6) is -0.670. The summed E-state index contributed by atoms with van der Waals surface area (Å²) < 4.78 is 2.78. The topological polar surface area (TPSA) is 158 Å². The van der Waals surface area contributed by atoms with E-state index in [2.05, 4.69) is 25.8 Å². The predicted molar refractivity (Wildman–Crippen MR) is 90.2 cm³/mol. The number of carbonyl (C=O) groups is 2. The number of nitrogens with zero attached hydrogens (tertiary/aromatic N) is 5. The average molecular weight is 343 g/mol. The predicted octanol–water partition coefficient (Wildman–Crippen LogP) is -0.815. The van der Waals surface area contributed by atoms with Gasteiger partial charge in [0.1, 0.15) is 5.82 Å². The molecule has 0 aliphatic carbocycles. The molecule has 0 bridgehead atoms. The monoisotopic (exact) mass is 343 g/mol. The normalized spacial score (nSPS) is 10.8. The second-order valence-electron chi connectivity index (χ2n) is 5.23. The third kappa shape index (κ3) is 3.26. The van der Waals surface area contributed by atoms with E-state index in [0.717, 1.165) is 0 Å². The van der Waals surface area contributed by atoms with E-state index < -0.39 is 11.8 Å². The fourth-order valence-electron chi connectivity index (χ4n) is 2.27. The van der Waals surface area contributed by atoms with Crippen LogP contribution in [0.1, 0.15) is 21.0 Å². The zero-order valence-electron chi connectivity index (χ0n) is 13.4. The molecule has 11 nitrogen and oxygen atoms in total. The van der Waals surface area contributed by atoms with Gasteiger partial charge >= 0.3 is 0 Å². The largest absolute Gasteiger partial charge is 0.367 e. The van der Waals surface area contributed by atoms with E-state index in [1.165, 1.54) is 21.6 Å². The Morgan fingerprint density at radius 3 is 2.80 bits per heavy atom. The number of primary amides is 1. The van der Waals surface area contributed by atoms with Crippen molar-refractivity contribution in [2.75, 3.05) is 23.7 Å². The summed E-state index contributed by atoms with van der Waals surface area (Å²) in [6.07, 6.45) is 2.88. The molecule has 130 valence electrons. The molecule has 3 heterocycles. The number of aryl methyl sites for hydroxylation is 1. The van der Waals surface area contributed by atoms with E-state index >= 15 is 0 Å². The van der Waals surface area contributed by atoms with E-state index in [4.69, 9.17) is 11.5 Å². The maximum absolute atomic E-state index is 12.6. The minimum Gasteiger partial charge on any atom is -0.367 e. The van der Waals surface area contributed by atoms with E-state index in [-0.39, 0.29) is 17.1 Å². The lowest BCUT2D eigenvalue weighted by molar-refractivity contribution is 0.0995. The number of nitrogens with two attached hydrogens (primary N) is 2. The Morgan fingerprint density at radius 1 is 1.28 bits per heavy atom. The molecule has 3 aromatic rings. The number of amides is 2. The average Bonchev–Trinajstić information content (AvgIpc) is 3.15. The molecule has 0 unspecified atom stereocenters. The number of aromatic nitrogens is 5. The van der Waals surface area contributed by atoms with Gasteiger partial charge in [-0.25, -0.2) is 9.50 Å². The Labute approximate surface area is 142 Å². The number of rotatable bonds is 6. The van der Waals surface area contributed by atoms with E-state index in [9.17, 15) is 9.59 Å². The number of hydrogen-bond acceptors (Lipinski definition) is 7. The fourth-order valence-corrected chi connectivity index (χ4v) is 2.27. The van der Waals surface area contributed by atoms with Gasteiger partial charge in [0.05, 0.1) is 11.9 Å². The molecule has 0 fully saturated rings. The molecule has 0 aliphatic rings. The highest BCUT2D eigenvalue weighted by Gasteiger charge is 2.19. The van der Waals surface area contributed by atoms with Gasteiger partial charge in [-0.15, -0.1) is 5.10 Å². The number of nitrogens with one attached hydrogen (secondary N) is 2. The lowest BCUT2D eigenvalue weighted by atomic mass is 10.3. The molecule has 6 N–H and O–H groups in total. The summed E-state index contributed by atoms with van der Waals surface area (Å²) in [4.78, 5) is 28.1. The van der Waals surface area contributed by atoms with Crippen LogP contribution in [0, 0.1) is 0 Å². The molecular weight excluding hydrogens is 326 g/mol. The number of carbonyl (C=O) groups excluding carboxylic acids is 2. The van der Waals surface area contributed by atoms with Crippen LogP contribution in [-0.2, 0) is 7.05 Å². The molecule has 3 rings (SSSR count). The minimum atomic E-state index is -0.736. The summed E-state index contributed by atoms with van der Waals surface area (Å²) in [6, 6.07) is 3.47. The maximum atomic E-state index is 12.6. The van der Waals surface area contributed by atoms with Crippen LogP contribution in [0.5, 0.6) is 0 Å². The highest BCUT2D eigenvalue weighted by atomic mass is 16.2. The number of hydrogen-bond donors (Lipinski definition) is 4. The van der Waals surface area contributed by atoms with Crippen LogP contribution in [0.2, 0.25) is 0 Å². The smallest absolute Gasteiger partial charge is 0.276 e. The Morgan fingerprint density at radius 2 is 2.08 bits per heavy atom. The van der Waals surface area contributed by atoms with Crippen LogP contribution in [-0.4, -0.2) is 49.3 Å². The first kappa shape index (κ1) is 16.4. The third-order valence-corrected chi connectivity index (χ3v) is 3.36. The lowest BCUT2D eigenvalue weighted by Crippen LogP contribution is -2.20. The molecule has 0 spiro atoms. The molecule has 25 heavy (non-hydrogen) atoms. The molecule has 3 aromatic heterocycles. The fraction of sp³-hybridized carbons (Fsp3) is 0.214. The van der Waals surface area contributed by atoms with Gasteiger partial charge in [0.2, 0.25) is 0 Å². The Bertz CT molecular complexity index is 943. The molecule has 0 aromatic carbocycles. The van der Waals surface area contributed by atoms with Crippen molar-refractivity contribution in [3.63, 3.8) is 0 Å². The van der Waals surface area contributed by atoms with Crippen molar-refractivity contribution < 1.29 is 9.59 Å². The molecular formula is C14H17N9O2. The highest BCUT2D eigenvalue weighted by molar-refractivity contribution is 6.07. The summed E-state index contributed by atoms with van der Waals surface area (Å²) in [6.45, 7) is 1.00. The first-order chi connectivity index (χ1) is 12.0. The van der Waals surface area contributed by atoms with E-state index in [1.807, 2.05) is 0 Å². The molecule has 0 atom stereocenters. The first-order valence-corrected chi connectivity index (χ1v) is 7.43. The van der Waals surface area contributed by atoms with Crippen LogP contribution in [0.3, 0.4) is 0 Å². The van der Waals surface area contributed by atoms with Gasteiger partial charge in [-0.2, -0.15) is 5.10 Å². The van der Waals surface area contributed by atoms with Crippen molar-refractivity contribution in [2.24, 2.45) is 18.5 Å². The van der Waals surface area contributed by atoms with Gasteiger partial charge in [-0.1, -0.05) is 0 Å². The van der Waals surface area contributed by atoms with Gasteiger partial charge in [0, 0.05) is 26.3 Å². The van der Waals surface area contributed by atoms with Gasteiger partial charge in [-0.3, -0.25) is 14.3 Å². The maximum Gasteiger partial charge on any atom is 0.276 e. The molecule has 0 radical (unpaired) electrons. The van der Waals surface area contributed by atoms with E-state index in [1.54, 1.807) is 19.2 Å². The zero-order chi connectivity index (χ0) is 18.0. The van der Waals surface area contributed by atoms with Gasteiger partial charge in [-0.05, 0) is 12.1 Å². The van der Waals surface area contributed by atoms with Crippen LogP contribution in [0.25, 0.3) is 5.65 Å². The van der Waals surface area contributed by atoms with Crippen LogP contribution in [0.4, 0.5) is 11.5 Å². The number of fused-ring (bicyclic) bond motifs is 1. The van der Waals surface area contributed by atoms with Crippen molar-refractivity contribution >= 4 is 29.0 Å². The quantitative estimate of drug-likeness (QED) is 0.455. The number of anilines is 2. The Kier molecular flexibility index (Phi) is 4.31. The standard InChI is InChI=1S/C14H17N9O2/c1-22-7-8(12(21-22)13(16)24)19-14(25)9-6-18-11-3-2-10(17-5-4-15)20-23(9)11/h2-3,6-7H,4-5,15H2,1H3,(H2,16,24)(H,17,20)(H,19,25). The second kappa shape index (κ2) is 6.57. The van der Waals surface area contributed by atoms with Crippen LogP contribution in [0.15, 0.2) is 24.5 Å². The molecule has 2 amide bonds. The van der Waals surface area contributed by atoms with Crippen molar-refractivity contribution in [1.82, 2.24) is 24.4 Å². The van der Waals surface area contributed by atoms with Crippen LogP contribution >= 0.6 is 0 Å². The van der Waals surface area contributed by atoms with Gasteiger partial charge in [0.25, 0.3) is 11.8 Å². The van der Waals surface area contributed by atoms with Gasteiger partial charge in [0.15, 0.2) is 17.0 Å². The van der Waals surface area contributed by atoms with Gasteiger partial charge < -0.3 is 22.1 Å². The van der Waals surface area contributed by atoms with Crippen molar-refractivity contribution in [3.8, 4) is 0 Å².